The average Bonchev–Trinajstić information content (AvgIpc) is 2.38. The van der Waals surface area contributed by atoms with Crippen molar-refractivity contribution < 1.29 is 4.79 Å². The molecule has 0 aliphatic rings. The summed E-state index contributed by atoms with van der Waals surface area (Å²) >= 11 is 4.94. The number of rotatable bonds is 7. The minimum absolute atomic E-state index is 0.0866. The van der Waals surface area contributed by atoms with Crippen LogP contribution in [-0.4, -0.2) is 10.9 Å². The molecule has 0 unspecified atom stereocenters. The first-order valence-corrected chi connectivity index (χ1v) is 7.20. The van der Waals surface area contributed by atoms with Gasteiger partial charge in [-0.25, -0.2) is 0 Å². The van der Waals surface area contributed by atoms with Gasteiger partial charge in [-0.05, 0) is 25.0 Å². The van der Waals surface area contributed by atoms with Gasteiger partial charge in [-0.3, -0.25) is 4.79 Å². The second-order valence-electron chi connectivity index (χ2n) is 4.71. The summed E-state index contributed by atoms with van der Waals surface area (Å²) in [4.78, 5) is 12.5. The normalized spacial score (nSPS) is 10.5. The van der Waals surface area contributed by atoms with Crippen LogP contribution in [0.1, 0.15) is 45.1 Å². The molecule has 19 heavy (non-hydrogen) atoms. The number of anilines is 1. The Morgan fingerprint density at radius 2 is 1.95 bits per heavy atom. The smallest absolute Gasteiger partial charge is 0.227 e. The van der Waals surface area contributed by atoms with Crippen LogP contribution in [-0.2, 0) is 4.79 Å². The van der Waals surface area contributed by atoms with E-state index < -0.39 is 0 Å². The van der Waals surface area contributed by atoms with Crippen molar-refractivity contribution in [2.24, 2.45) is 11.7 Å². The van der Waals surface area contributed by atoms with Gasteiger partial charge in [0.2, 0.25) is 5.91 Å². The highest BCUT2D eigenvalue weighted by Crippen LogP contribution is 2.17. The third kappa shape index (κ3) is 4.99. The molecule has 0 aromatic heterocycles. The maximum Gasteiger partial charge on any atom is 0.227 e. The number of nitrogens with two attached hydrogens (primary N) is 1. The quantitative estimate of drug-likeness (QED) is 0.751. The molecule has 0 bridgehead atoms. The molecular formula is C15H22N2OS. The van der Waals surface area contributed by atoms with Crippen LogP contribution in [0.15, 0.2) is 24.3 Å². The number of benzene rings is 1. The number of hydrogen-bond acceptors (Lipinski definition) is 2. The Morgan fingerprint density at radius 3 is 2.47 bits per heavy atom. The first-order valence-electron chi connectivity index (χ1n) is 6.79. The highest BCUT2D eigenvalue weighted by atomic mass is 32.1. The molecule has 1 aromatic rings. The van der Waals surface area contributed by atoms with Gasteiger partial charge in [0, 0.05) is 17.2 Å². The molecule has 0 radical (unpaired) electrons. The zero-order valence-corrected chi connectivity index (χ0v) is 12.4. The van der Waals surface area contributed by atoms with Gasteiger partial charge in [0.1, 0.15) is 4.99 Å². The monoisotopic (exact) mass is 278 g/mol. The standard InChI is InChI=1S/C15H22N2OS/c1-3-6-11(7-4-2)15(18)17-13-9-5-8-12(10-13)14(16)19/h5,8-11H,3-4,6-7H2,1-2H3,(H2,16,19)(H,17,18). The Bertz CT molecular complexity index is 440. The van der Waals surface area contributed by atoms with Crippen molar-refractivity contribution in [3.63, 3.8) is 0 Å². The Labute approximate surface area is 120 Å². The van der Waals surface area contributed by atoms with Crippen LogP contribution in [0.5, 0.6) is 0 Å². The molecule has 104 valence electrons. The summed E-state index contributed by atoms with van der Waals surface area (Å²) < 4.78 is 0. The molecule has 0 fully saturated rings. The number of nitrogens with one attached hydrogen (secondary N) is 1. The van der Waals surface area contributed by atoms with Crippen LogP contribution < -0.4 is 11.1 Å². The molecule has 4 heteroatoms. The lowest BCUT2D eigenvalue weighted by Crippen LogP contribution is -2.23. The lowest BCUT2D eigenvalue weighted by molar-refractivity contribution is -0.120. The minimum Gasteiger partial charge on any atom is -0.389 e. The summed E-state index contributed by atoms with van der Waals surface area (Å²) in [5.41, 5.74) is 7.12. The summed E-state index contributed by atoms with van der Waals surface area (Å²) in [6.45, 7) is 4.20. The fraction of sp³-hybridized carbons (Fsp3) is 0.467. The fourth-order valence-corrected chi connectivity index (χ4v) is 2.22. The first kappa shape index (κ1) is 15.6. The Hall–Kier alpha value is -1.42. The summed E-state index contributed by atoms with van der Waals surface area (Å²) in [6.07, 6.45) is 3.89. The second-order valence-corrected chi connectivity index (χ2v) is 5.15. The van der Waals surface area contributed by atoms with Crippen molar-refractivity contribution in [3.8, 4) is 0 Å². The van der Waals surface area contributed by atoms with Crippen molar-refractivity contribution in [1.82, 2.24) is 0 Å². The van der Waals surface area contributed by atoms with E-state index in [2.05, 4.69) is 19.2 Å². The van der Waals surface area contributed by atoms with Crippen LogP contribution in [0.3, 0.4) is 0 Å². The highest BCUT2D eigenvalue weighted by Gasteiger charge is 2.16. The van der Waals surface area contributed by atoms with E-state index in [4.69, 9.17) is 18.0 Å². The molecule has 0 spiro atoms. The van der Waals surface area contributed by atoms with Crippen molar-refractivity contribution in [1.29, 1.82) is 0 Å². The zero-order valence-electron chi connectivity index (χ0n) is 11.6. The van der Waals surface area contributed by atoms with Crippen LogP contribution >= 0.6 is 12.2 Å². The van der Waals surface area contributed by atoms with Gasteiger partial charge in [0.15, 0.2) is 0 Å². The summed E-state index contributed by atoms with van der Waals surface area (Å²) in [7, 11) is 0. The van der Waals surface area contributed by atoms with Crippen molar-refractivity contribution in [2.75, 3.05) is 5.32 Å². The Balaban J connectivity index is 2.74. The van der Waals surface area contributed by atoms with E-state index in [-0.39, 0.29) is 11.8 Å². The highest BCUT2D eigenvalue weighted by molar-refractivity contribution is 7.80. The van der Waals surface area contributed by atoms with Crippen molar-refractivity contribution in [3.05, 3.63) is 29.8 Å². The number of thiocarbonyl (C=S) groups is 1. The maximum absolute atomic E-state index is 12.2. The second kappa shape index (κ2) is 7.89. The third-order valence-electron chi connectivity index (χ3n) is 3.06. The van der Waals surface area contributed by atoms with Gasteiger partial charge in [-0.1, -0.05) is 51.0 Å². The molecule has 1 rings (SSSR count). The molecule has 1 aromatic carbocycles. The summed E-state index contributed by atoms with van der Waals surface area (Å²) in [6, 6.07) is 7.36. The first-order chi connectivity index (χ1) is 9.08. The molecule has 1 amide bonds. The number of hydrogen-bond donors (Lipinski definition) is 2. The lowest BCUT2D eigenvalue weighted by Gasteiger charge is -2.15. The van der Waals surface area contributed by atoms with E-state index in [9.17, 15) is 4.79 Å². The molecule has 0 saturated heterocycles. The van der Waals surface area contributed by atoms with Crippen molar-refractivity contribution >= 4 is 28.8 Å². The summed E-state index contributed by atoms with van der Waals surface area (Å²) in [5.74, 6) is 0.173. The largest absolute Gasteiger partial charge is 0.389 e. The van der Waals surface area contributed by atoms with Gasteiger partial charge in [0.05, 0.1) is 0 Å². The Kier molecular flexibility index (Phi) is 6.50. The van der Waals surface area contributed by atoms with Gasteiger partial charge in [-0.2, -0.15) is 0 Å². The zero-order chi connectivity index (χ0) is 14.3. The van der Waals surface area contributed by atoms with E-state index in [0.717, 1.165) is 36.9 Å². The molecule has 0 atom stereocenters. The van der Waals surface area contributed by atoms with Gasteiger partial charge < -0.3 is 11.1 Å². The van der Waals surface area contributed by atoms with E-state index >= 15 is 0 Å². The SMILES string of the molecule is CCCC(CCC)C(=O)Nc1cccc(C(N)=S)c1. The van der Waals surface area contributed by atoms with E-state index in [1.807, 2.05) is 24.3 Å². The molecule has 0 aliphatic carbocycles. The van der Waals surface area contributed by atoms with E-state index in [1.54, 1.807) is 0 Å². The van der Waals surface area contributed by atoms with Crippen LogP contribution in [0.25, 0.3) is 0 Å². The minimum atomic E-state index is 0.0866. The van der Waals surface area contributed by atoms with Crippen molar-refractivity contribution in [2.45, 2.75) is 39.5 Å². The number of carbonyl (C=O) groups excluding carboxylic acids is 1. The predicted octanol–water partition coefficient (Wildman–Crippen LogP) is 3.48. The van der Waals surface area contributed by atoms with Gasteiger partial charge in [0.25, 0.3) is 0 Å². The van der Waals surface area contributed by atoms with Crippen LogP contribution in [0.4, 0.5) is 5.69 Å². The molecular weight excluding hydrogens is 256 g/mol. The number of amides is 1. The number of carbonyl (C=O) groups is 1. The molecule has 3 N–H and O–H groups in total. The molecule has 3 nitrogen and oxygen atoms in total. The fourth-order valence-electron chi connectivity index (χ4n) is 2.10. The van der Waals surface area contributed by atoms with Crippen LogP contribution in [0.2, 0.25) is 0 Å². The summed E-state index contributed by atoms with van der Waals surface area (Å²) in [5, 5.41) is 2.95. The van der Waals surface area contributed by atoms with Gasteiger partial charge >= 0.3 is 0 Å². The van der Waals surface area contributed by atoms with Gasteiger partial charge in [-0.15, -0.1) is 0 Å². The topological polar surface area (TPSA) is 55.1 Å². The lowest BCUT2D eigenvalue weighted by atomic mass is 9.97. The third-order valence-corrected chi connectivity index (χ3v) is 3.30. The molecule has 0 saturated carbocycles. The van der Waals surface area contributed by atoms with Crippen LogP contribution in [0, 0.1) is 5.92 Å². The predicted molar refractivity (Wildman–Crippen MR) is 84.3 cm³/mol. The maximum atomic E-state index is 12.2. The Morgan fingerprint density at radius 1 is 1.32 bits per heavy atom. The molecule has 0 heterocycles. The van der Waals surface area contributed by atoms with E-state index in [1.165, 1.54) is 0 Å². The molecule has 0 aliphatic heterocycles. The van der Waals surface area contributed by atoms with E-state index in [0.29, 0.717) is 4.99 Å². The average molecular weight is 278 g/mol.